The van der Waals surface area contributed by atoms with Crippen molar-refractivity contribution in [3.8, 4) is 0 Å². The van der Waals surface area contributed by atoms with E-state index in [2.05, 4.69) is 0 Å². The zero-order valence-corrected chi connectivity index (χ0v) is 15.5. The Hall–Kier alpha value is 0.510. The summed E-state index contributed by atoms with van der Waals surface area (Å²) in [5, 5.41) is 8.62. The van der Waals surface area contributed by atoms with Crippen LogP contribution in [0, 0.1) is 0 Å². The average Bonchev–Trinajstić information content (AvgIpc) is 2.13. The third kappa shape index (κ3) is 5.42. The van der Waals surface area contributed by atoms with Crippen LogP contribution in [0.25, 0.3) is 0 Å². The van der Waals surface area contributed by atoms with E-state index in [1.165, 1.54) is 0 Å². The molecular formula is C7H4Na2O8S2. The van der Waals surface area contributed by atoms with Gasteiger partial charge < -0.3 is 14.2 Å². The molecule has 0 unspecified atom stereocenters. The summed E-state index contributed by atoms with van der Waals surface area (Å²) in [6.07, 6.45) is 0. The fourth-order valence-corrected chi connectivity index (χ4v) is 3.07. The van der Waals surface area contributed by atoms with E-state index in [4.69, 9.17) is 5.11 Å². The Bertz CT molecular complexity index is 679. The van der Waals surface area contributed by atoms with E-state index in [0.29, 0.717) is 12.1 Å². The average molecular weight is 326 g/mol. The molecular weight excluding hydrogens is 322 g/mol. The van der Waals surface area contributed by atoms with Crippen molar-refractivity contribution in [2.45, 2.75) is 9.79 Å². The number of carboxylic acid groups (broad SMARTS) is 1. The van der Waals surface area contributed by atoms with Gasteiger partial charge >= 0.3 is 65.1 Å². The van der Waals surface area contributed by atoms with Gasteiger partial charge in [0.15, 0.2) is 0 Å². The maximum absolute atomic E-state index is 10.8. The Morgan fingerprint density at radius 3 is 1.79 bits per heavy atom. The number of hydrogen-bond acceptors (Lipinski definition) is 7. The minimum Gasteiger partial charge on any atom is -0.744 e. The molecule has 0 amide bonds. The van der Waals surface area contributed by atoms with Gasteiger partial charge in [0.05, 0.1) is 15.4 Å². The van der Waals surface area contributed by atoms with Crippen molar-refractivity contribution in [2.24, 2.45) is 0 Å². The van der Waals surface area contributed by atoms with Crippen LogP contribution in [-0.2, 0) is 20.2 Å². The molecule has 12 heteroatoms. The van der Waals surface area contributed by atoms with Gasteiger partial charge in [0.25, 0.3) is 0 Å². The van der Waals surface area contributed by atoms with Crippen LogP contribution in [-0.4, -0.2) is 37.0 Å². The predicted octanol–water partition coefficient (Wildman–Crippen LogP) is -6.80. The summed E-state index contributed by atoms with van der Waals surface area (Å²) >= 11 is 0. The largest absolute Gasteiger partial charge is 1.00 e. The van der Waals surface area contributed by atoms with Crippen LogP contribution >= 0.6 is 0 Å². The van der Waals surface area contributed by atoms with Crippen LogP contribution in [0.4, 0.5) is 0 Å². The van der Waals surface area contributed by atoms with Crippen molar-refractivity contribution in [1.29, 1.82) is 0 Å². The summed E-state index contributed by atoms with van der Waals surface area (Å²) in [7, 11) is -10.7. The zero-order chi connectivity index (χ0) is 13.4. The van der Waals surface area contributed by atoms with Crippen LogP contribution in [0.15, 0.2) is 28.0 Å². The molecule has 0 atom stereocenters. The van der Waals surface area contributed by atoms with E-state index in [0.717, 1.165) is 6.07 Å². The molecule has 0 saturated heterocycles. The van der Waals surface area contributed by atoms with E-state index in [9.17, 15) is 30.7 Å². The van der Waals surface area contributed by atoms with E-state index < -0.39 is 41.6 Å². The second kappa shape index (κ2) is 7.50. The fourth-order valence-electron chi connectivity index (χ4n) is 1.14. The molecule has 0 aliphatic heterocycles. The number of carbonyl (C=O) groups is 1. The minimum atomic E-state index is -5.40. The summed E-state index contributed by atoms with van der Waals surface area (Å²) in [5.41, 5.74) is -1.06. The molecule has 0 fully saturated rings. The van der Waals surface area contributed by atoms with Gasteiger partial charge in [0, 0.05) is 0 Å². The van der Waals surface area contributed by atoms with Gasteiger partial charge in [-0.05, 0) is 12.1 Å². The first-order valence-electron chi connectivity index (χ1n) is 3.83. The number of benzene rings is 1. The Labute approximate surface area is 153 Å². The van der Waals surface area contributed by atoms with Crippen molar-refractivity contribution < 1.29 is 95.0 Å². The van der Waals surface area contributed by atoms with Crippen LogP contribution in [0.3, 0.4) is 0 Å². The summed E-state index contributed by atoms with van der Waals surface area (Å²) < 4.78 is 64.6. The van der Waals surface area contributed by atoms with Gasteiger partial charge in [-0.1, -0.05) is 6.07 Å². The number of rotatable bonds is 3. The van der Waals surface area contributed by atoms with Crippen LogP contribution in [0.1, 0.15) is 10.4 Å². The number of carboxylic acids is 1. The van der Waals surface area contributed by atoms with Crippen molar-refractivity contribution in [1.82, 2.24) is 0 Å². The standard InChI is InChI=1S/C7H6O8S2.2Na/c8-7(9)4-2-1-3-5(16(10,11)12)6(4)17(13,14)15;;/h1-3H,(H,8,9)(H,10,11,12)(H,13,14,15);;/q;2*+1/p-2. The molecule has 19 heavy (non-hydrogen) atoms. The third-order valence-electron chi connectivity index (χ3n) is 1.73. The molecule has 0 aliphatic carbocycles. The molecule has 0 aromatic heterocycles. The minimum absolute atomic E-state index is 0. The zero-order valence-electron chi connectivity index (χ0n) is 9.85. The molecule has 0 bridgehead atoms. The first kappa shape index (κ1) is 21.8. The predicted molar refractivity (Wildman–Crippen MR) is 49.3 cm³/mol. The smallest absolute Gasteiger partial charge is 0.744 e. The van der Waals surface area contributed by atoms with Gasteiger partial charge in [0.2, 0.25) is 0 Å². The maximum Gasteiger partial charge on any atom is 1.00 e. The number of hydrogen-bond donors (Lipinski definition) is 1. The van der Waals surface area contributed by atoms with E-state index in [1.807, 2.05) is 0 Å². The fraction of sp³-hybridized carbons (Fsp3) is 0. The first-order chi connectivity index (χ1) is 7.55. The van der Waals surface area contributed by atoms with Gasteiger partial charge in [-0.25, -0.2) is 21.6 Å². The molecule has 1 aromatic rings. The number of aromatic carboxylic acids is 1. The van der Waals surface area contributed by atoms with Crippen molar-refractivity contribution in [3.63, 3.8) is 0 Å². The first-order valence-corrected chi connectivity index (χ1v) is 6.65. The van der Waals surface area contributed by atoms with E-state index >= 15 is 0 Å². The second-order valence-electron chi connectivity index (χ2n) is 2.85. The van der Waals surface area contributed by atoms with Crippen molar-refractivity contribution >= 4 is 26.2 Å². The Balaban J connectivity index is 0. The summed E-state index contributed by atoms with van der Waals surface area (Å²) in [5.74, 6) is -1.83. The molecule has 0 radical (unpaired) electrons. The maximum atomic E-state index is 10.8. The molecule has 0 heterocycles. The molecule has 0 spiro atoms. The molecule has 1 N–H and O–H groups in total. The summed E-state index contributed by atoms with van der Waals surface area (Å²) in [6.45, 7) is 0. The van der Waals surface area contributed by atoms with Gasteiger partial charge in [-0.3, -0.25) is 0 Å². The van der Waals surface area contributed by atoms with Crippen molar-refractivity contribution in [3.05, 3.63) is 23.8 Å². The van der Waals surface area contributed by atoms with E-state index in [-0.39, 0.29) is 59.1 Å². The Kier molecular flexibility index (Phi) is 8.60. The normalized spacial score (nSPS) is 11.1. The van der Waals surface area contributed by atoms with Crippen LogP contribution in [0.2, 0.25) is 0 Å². The SMILES string of the molecule is O=C(O)c1cccc(S(=O)(=O)[O-])c1S(=O)(=O)[O-].[Na+].[Na+]. The molecule has 94 valence electrons. The topological polar surface area (TPSA) is 152 Å². The monoisotopic (exact) mass is 326 g/mol. The van der Waals surface area contributed by atoms with Crippen molar-refractivity contribution in [2.75, 3.05) is 0 Å². The summed E-state index contributed by atoms with van der Waals surface area (Å²) in [4.78, 5) is 7.74. The summed E-state index contributed by atoms with van der Waals surface area (Å²) in [6, 6.07) is 2.12. The van der Waals surface area contributed by atoms with Gasteiger partial charge in [-0.2, -0.15) is 0 Å². The second-order valence-corrected chi connectivity index (χ2v) is 5.51. The molecule has 1 aromatic carbocycles. The Morgan fingerprint density at radius 1 is 1.00 bits per heavy atom. The quantitative estimate of drug-likeness (QED) is 0.425. The van der Waals surface area contributed by atoms with Gasteiger partial charge in [0.1, 0.15) is 20.2 Å². The van der Waals surface area contributed by atoms with Crippen LogP contribution in [0.5, 0.6) is 0 Å². The molecule has 0 saturated carbocycles. The molecule has 1 rings (SSSR count). The van der Waals surface area contributed by atoms with E-state index in [1.54, 1.807) is 0 Å². The van der Waals surface area contributed by atoms with Gasteiger partial charge in [-0.15, -0.1) is 0 Å². The van der Waals surface area contributed by atoms with Crippen LogP contribution < -0.4 is 59.1 Å². The Morgan fingerprint density at radius 2 is 1.47 bits per heavy atom. The molecule has 0 aliphatic rings. The third-order valence-corrected chi connectivity index (χ3v) is 3.68. The molecule has 8 nitrogen and oxygen atoms in total.